The number of methoxy groups -OCH3 is 1. The van der Waals surface area contributed by atoms with E-state index in [0.29, 0.717) is 13.0 Å². The Morgan fingerprint density at radius 3 is 2.60 bits per heavy atom. The molecule has 1 N–H and O–H groups in total. The normalized spacial score (nSPS) is 9.05. The molecule has 0 heterocycles. The molecule has 1 aromatic rings. The molecule has 0 atom stereocenters. The number of carbonyl (C=O) groups is 2. The predicted octanol–water partition coefficient (Wildman–Crippen LogP) is 2.13. The van der Waals surface area contributed by atoms with Gasteiger partial charge >= 0.3 is 0 Å². The van der Waals surface area contributed by atoms with Gasteiger partial charge in [-0.15, -0.1) is 0 Å². The Morgan fingerprint density at radius 2 is 2.05 bits per heavy atom. The third kappa shape index (κ3) is 5.73. The first-order chi connectivity index (χ1) is 9.58. The van der Waals surface area contributed by atoms with Crippen molar-refractivity contribution in [3.8, 4) is 5.75 Å². The van der Waals surface area contributed by atoms with Gasteiger partial charge in [0.25, 0.3) is 0 Å². The number of hydrogen-bond donors (Lipinski definition) is 1. The number of hydrogen-bond acceptors (Lipinski definition) is 4. The summed E-state index contributed by atoms with van der Waals surface area (Å²) in [4.78, 5) is 23.2. The van der Waals surface area contributed by atoms with Crippen LogP contribution in [0, 0.1) is 6.92 Å². The monoisotopic (exact) mass is 280 g/mol. The molecule has 112 valence electrons. The number of aryl methyl sites for hydroxylation is 1. The molecule has 0 radical (unpaired) electrons. The average molecular weight is 280 g/mol. The number of imide groups is 1. The van der Waals surface area contributed by atoms with Gasteiger partial charge in [-0.05, 0) is 18.6 Å². The zero-order valence-electron chi connectivity index (χ0n) is 12.9. The summed E-state index contributed by atoms with van der Waals surface area (Å²) in [5, 5.41) is 2.11. The van der Waals surface area contributed by atoms with Gasteiger partial charge in [-0.25, -0.2) is 0 Å². The van der Waals surface area contributed by atoms with Gasteiger partial charge in [0, 0.05) is 31.8 Å². The highest BCUT2D eigenvalue weighted by Crippen LogP contribution is 2.24. The van der Waals surface area contributed by atoms with Crippen molar-refractivity contribution >= 4 is 18.0 Å². The van der Waals surface area contributed by atoms with Crippen molar-refractivity contribution in [1.29, 1.82) is 0 Å². The smallest absolute Gasteiger partial charge is 0.228 e. The van der Waals surface area contributed by atoms with Crippen molar-refractivity contribution in [3.05, 3.63) is 23.8 Å². The molecule has 0 aromatic heterocycles. The van der Waals surface area contributed by atoms with Crippen LogP contribution in [-0.4, -0.2) is 33.0 Å². The molecule has 20 heavy (non-hydrogen) atoms. The number of nitrogens with one attached hydrogen (secondary N) is 1. The van der Waals surface area contributed by atoms with Crippen LogP contribution in [0.2, 0.25) is 0 Å². The van der Waals surface area contributed by atoms with E-state index in [-0.39, 0.29) is 12.3 Å². The lowest BCUT2D eigenvalue weighted by Gasteiger charge is -2.20. The number of amides is 2. The van der Waals surface area contributed by atoms with Gasteiger partial charge in [-0.2, -0.15) is 0 Å². The minimum absolute atomic E-state index is 0.269. The Hall–Kier alpha value is -2.04. The molecule has 5 nitrogen and oxygen atoms in total. The Morgan fingerprint density at radius 1 is 1.40 bits per heavy atom. The van der Waals surface area contributed by atoms with E-state index < -0.39 is 0 Å². The van der Waals surface area contributed by atoms with Crippen LogP contribution in [0.5, 0.6) is 5.75 Å². The number of nitrogens with zero attached hydrogens (tertiary/aromatic N) is 1. The van der Waals surface area contributed by atoms with E-state index in [4.69, 9.17) is 4.74 Å². The van der Waals surface area contributed by atoms with Crippen molar-refractivity contribution in [2.45, 2.75) is 27.2 Å². The molecule has 0 fully saturated rings. The van der Waals surface area contributed by atoms with Crippen molar-refractivity contribution < 1.29 is 14.3 Å². The zero-order valence-corrected chi connectivity index (χ0v) is 12.9. The summed E-state index contributed by atoms with van der Waals surface area (Å²) in [7, 11) is 3.52. The average Bonchev–Trinajstić information content (AvgIpc) is 2.47. The molecule has 0 bridgehead atoms. The second-order valence-corrected chi connectivity index (χ2v) is 4.01. The molecule has 0 unspecified atom stereocenters. The Labute approximate surface area is 120 Å². The van der Waals surface area contributed by atoms with Crippen molar-refractivity contribution in [2.75, 3.05) is 25.6 Å². The highest BCUT2D eigenvalue weighted by atomic mass is 16.5. The third-order valence-electron chi connectivity index (χ3n) is 2.73. The van der Waals surface area contributed by atoms with Crippen molar-refractivity contribution in [2.24, 2.45) is 0 Å². The van der Waals surface area contributed by atoms with Crippen molar-refractivity contribution in [3.63, 3.8) is 0 Å². The highest BCUT2D eigenvalue weighted by Gasteiger charge is 2.07. The minimum atomic E-state index is -0.282. The number of rotatable bonds is 6. The van der Waals surface area contributed by atoms with Gasteiger partial charge in [0.1, 0.15) is 5.75 Å². The van der Waals surface area contributed by atoms with Gasteiger partial charge in [0.15, 0.2) is 0 Å². The van der Waals surface area contributed by atoms with Gasteiger partial charge < -0.3 is 9.64 Å². The van der Waals surface area contributed by atoms with Crippen molar-refractivity contribution in [1.82, 2.24) is 5.32 Å². The molecule has 0 spiro atoms. The van der Waals surface area contributed by atoms with E-state index >= 15 is 0 Å². The van der Waals surface area contributed by atoms with E-state index in [1.54, 1.807) is 7.11 Å². The van der Waals surface area contributed by atoms with E-state index in [9.17, 15) is 9.59 Å². The number of ether oxygens (including phenoxy) is 1. The van der Waals surface area contributed by atoms with Gasteiger partial charge in [0.05, 0.1) is 7.11 Å². The number of anilines is 1. The van der Waals surface area contributed by atoms with Crippen LogP contribution in [-0.2, 0) is 9.59 Å². The van der Waals surface area contributed by atoms with Crippen LogP contribution in [0.15, 0.2) is 18.2 Å². The van der Waals surface area contributed by atoms with Gasteiger partial charge in [0.2, 0.25) is 12.3 Å². The van der Waals surface area contributed by atoms with Crippen LogP contribution in [0.4, 0.5) is 5.69 Å². The second-order valence-electron chi connectivity index (χ2n) is 4.01. The minimum Gasteiger partial charge on any atom is -0.496 e. The summed E-state index contributed by atoms with van der Waals surface area (Å²) in [5.41, 5.74) is 2.03. The SMILES string of the molecule is CC.COc1cc(N(C)CCC(=O)NC=O)ccc1C. The lowest BCUT2D eigenvalue weighted by molar-refractivity contribution is -0.125. The summed E-state index contributed by atoms with van der Waals surface area (Å²) in [6.45, 7) is 6.51. The number of carbonyl (C=O) groups excluding carboxylic acids is 2. The fourth-order valence-corrected chi connectivity index (χ4v) is 1.58. The van der Waals surface area contributed by atoms with E-state index in [1.807, 2.05) is 50.9 Å². The lowest BCUT2D eigenvalue weighted by atomic mass is 10.2. The molecule has 0 aliphatic rings. The topological polar surface area (TPSA) is 58.6 Å². The molecule has 1 aromatic carbocycles. The quantitative estimate of drug-likeness (QED) is 0.811. The van der Waals surface area contributed by atoms with Crippen LogP contribution in [0.1, 0.15) is 25.8 Å². The molecule has 0 saturated heterocycles. The zero-order chi connectivity index (χ0) is 15.5. The Bertz CT molecular complexity index is 433. The molecule has 0 aliphatic carbocycles. The molecular formula is C15H24N2O3. The largest absolute Gasteiger partial charge is 0.496 e. The third-order valence-corrected chi connectivity index (χ3v) is 2.73. The van der Waals surface area contributed by atoms with E-state index in [2.05, 4.69) is 5.32 Å². The fraction of sp³-hybridized carbons (Fsp3) is 0.467. The highest BCUT2D eigenvalue weighted by molar-refractivity contribution is 5.86. The summed E-state index contributed by atoms with van der Waals surface area (Å²) in [5.74, 6) is 0.535. The maximum atomic E-state index is 11.2. The summed E-state index contributed by atoms with van der Waals surface area (Å²) in [6, 6.07) is 5.86. The first kappa shape index (κ1) is 18.0. The molecule has 0 saturated carbocycles. The first-order valence-corrected chi connectivity index (χ1v) is 6.67. The second kappa shape index (κ2) is 9.83. The van der Waals surface area contributed by atoms with Crippen LogP contribution >= 0.6 is 0 Å². The Kier molecular flexibility index (Phi) is 8.83. The summed E-state index contributed by atoms with van der Waals surface area (Å²) < 4.78 is 5.25. The summed E-state index contributed by atoms with van der Waals surface area (Å²) in [6.07, 6.45) is 0.669. The Balaban J connectivity index is 0.00000172. The van der Waals surface area contributed by atoms with Crippen LogP contribution in [0.25, 0.3) is 0 Å². The van der Waals surface area contributed by atoms with Crippen LogP contribution in [0.3, 0.4) is 0 Å². The van der Waals surface area contributed by atoms with Gasteiger partial charge in [-0.3, -0.25) is 14.9 Å². The fourth-order valence-electron chi connectivity index (χ4n) is 1.58. The van der Waals surface area contributed by atoms with E-state index in [1.165, 1.54) is 0 Å². The molecular weight excluding hydrogens is 256 g/mol. The lowest BCUT2D eigenvalue weighted by Crippen LogP contribution is -2.27. The van der Waals surface area contributed by atoms with Gasteiger partial charge in [-0.1, -0.05) is 19.9 Å². The maximum Gasteiger partial charge on any atom is 0.228 e. The molecule has 0 aliphatic heterocycles. The van der Waals surface area contributed by atoms with Crippen LogP contribution < -0.4 is 15.0 Å². The predicted molar refractivity (Wildman–Crippen MR) is 81.2 cm³/mol. The van der Waals surface area contributed by atoms with E-state index in [0.717, 1.165) is 17.0 Å². The standard InChI is InChI=1S/C13H18N2O3.C2H6/c1-10-4-5-11(8-12(10)18-3)15(2)7-6-13(17)14-9-16;1-2/h4-5,8-9H,6-7H2,1-3H3,(H,14,16,17);1-2H3. The maximum absolute atomic E-state index is 11.2. The summed E-state index contributed by atoms with van der Waals surface area (Å²) >= 11 is 0. The number of benzene rings is 1. The molecule has 2 amide bonds. The first-order valence-electron chi connectivity index (χ1n) is 6.67. The molecule has 1 rings (SSSR count). The molecule has 5 heteroatoms.